The van der Waals surface area contributed by atoms with Crippen LogP contribution in [-0.2, 0) is 28.3 Å². The van der Waals surface area contributed by atoms with E-state index in [4.69, 9.17) is 0 Å². The second kappa shape index (κ2) is 7.24. The van der Waals surface area contributed by atoms with E-state index in [9.17, 15) is 13.2 Å². The van der Waals surface area contributed by atoms with Gasteiger partial charge < -0.3 is 4.90 Å². The van der Waals surface area contributed by atoms with Crippen LogP contribution in [0.4, 0.5) is 5.69 Å². The van der Waals surface area contributed by atoms with Gasteiger partial charge >= 0.3 is 0 Å². The molecule has 33 heavy (non-hydrogen) atoms. The first kappa shape index (κ1) is 22.3. The summed E-state index contributed by atoms with van der Waals surface area (Å²) >= 11 is 0. The maximum absolute atomic E-state index is 13.7. The van der Waals surface area contributed by atoms with Gasteiger partial charge in [-0.2, -0.15) is 0 Å². The van der Waals surface area contributed by atoms with E-state index < -0.39 is 10.0 Å². The summed E-state index contributed by atoms with van der Waals surface area (Å²) in [5.41, 5.74) is 4.68. The first-order chi connectivity index (χ1) is 15.5. The highest BCUT2D eigenvalue weighted by molar-refractivity contribution is 7.89. The van der Waals surface area contributed by atoms with Crippen LogP contribution in [0, 0.1) is 5.41 Å². The van der Waals surface area contributed by atoms with Crippen molar-refractivity contribution < 1.29 is 13.2 Å². The second-order valence-electron chi connectivity index (χ2n) is 10.5. The first-order valence-electron chi connectivity index (χ1n) is 11.5. The quantitative estimate of drug-likeness (QED) is 0.689. The molecule has 2 aromatic carbocycles. The summed E-state index contributed by atoms with van der Waals surface area (Å²) < 4.78 is 26.8. The Bertz CT molecular complexity index is 1300. The molecule has 0 aromatic heterocycles. The zero-order valence-electron chi connectivity index (χ0n) is 19.9. The molecule has 0 radical (unpaired) electrons. The summed E-state index contributed by atoms with van der Waals surface area (Å²) in [6.07, 6.45) is 4.13. The van der Waals surface area contributed by atoms with Gasteiger partial charge in [0, 0.05) is 50.3 Å². The summed E-state index contributed by atoms with van der Waals surface area (Å²) in [5, 5.41) is 0. The lowest BCUT2D eigenvalue weighted by atomic mass is 9.51. The Morgan fingerprint density at radius 2 is 1.85 bits per heavy atom. The Morgan fingerprint density at radius 1 is 1.09 bits per heavy atom. The van der Waals surface area contributed by atoms with E-state index in [0.717, 1.165) is 29.7 Å². The highest BCUT2D eigenvalue weighted by Gasteiger charge is 2.57. The second-order valence-corrected chi connectivity index (χ2v) is 12.6. The molecule has 7 heteroatoms. The number of carbonyl (C=O) groups excluding carboxylic acids is 1. The molecule has 5 rings (SSSR count). The Morgan fingerprint density at radius 3 is 2.58 bits per heavy atom. The summed E-state index contributed by atoms with van der Waals surface area (Å²) in [4.78, 5) is 20.4. The number of aliphatic imine (C=N–C) groups is 1. The highest BCUT2D eigenvalue weighted by atomic mass is 32.2. The average molecular weight is 466 g/mol. The molecule has 2 atom stereocenters. The van der Waals surface area contributed by atoms with Crippen molar-refractivity contribution in [3.8, 4) is 0 Å². The molecule has 0 spiro atoms. The van der Waals surface area contributed by atoms with Crippen molar-refractivity contribution >= 4 is 27.8 Å². The lowest BCUT2D eigenvalue weighted by Gasteiger charge is -2.60. The van der Waals surface area contributed by atoms with Gasteiger partial charge in [0.15, 0.2) is 0 Å². The number of piperidine rings is 1. The molecule has 1 fully saturated rings. The van der Waals surface area contributed by atoms with Crippen molar-refractivity contribution in [2.75, 3.05) is 20.6 Å². The average Bonchev–Trinajstić information content (AvgIpc) is 3.23. The number of fused-ring (bicyclic) bond motifs is 5. The van der Waals surface area contributed by atoms with Crippen LogP contribution in [0.3, 0.4) is 0 Å². The third kappa shape index (κ3) is 3.12. The lowest BCUT2D eigenvalue weighted by molar-refractivity contribution is -0.0262. The highest BCUT2D eigenvalue weighted by Crippen LogP contribution is 2.56. The van der Waals surface area contributed by atoms with Gasteiger partial charge in [0.2, 0.25) is 10.0 Å². The number of likely N-dealkylation sites (tertiary alicyclic amines) is 1. The number of carbonyl (C=O) groups is 1. The van der Waals surface area contributed by atoms with Gasteiger partial charge in [-0.3, -0.25) is 9.79 Å². The third-order valence-corrected chi connectivity index (χ3v) is 10.3. The molecule has 174 valence electrons. The molecule has 1 amide bonds. The van der Waals surface area contributed by atoms with Crippen molar-refractivity contribution in [3.05, 3.63) is 58.7 Å². The number of benzene rings is 2. The molecule has 2 aromatic rings. The molecule has 3 aliphatic rings. The number of hydrogen-bond donors (Lipinski definition) is 0. The molecule has 2 heterocycles. The van der Waals surface area contributed by atoms with Crippen LogP contribution < -0.4 is 0 Å². The number of hydrogen-bond acceptors (Lipinski definition) is 4. The van der Waals surface area contributed by atoms with Crippen LogP contribution in [0.1, 0.15) is 54.2 Å². The fourth-order valence-corrected chi connectivity index (χ4v) is 6.90. The predicted octanol–water partition coefficient (Wildman–Crippen LogP) is 3.95. The van der Waals surface area contributed by atoms with E-state index in [1.165, 1.54) is 9.87 Å². The molecule has 1 aliphatic carbocycles. The number of sulfonamides is 1. The SMILES string of the molecule is CN(C)S(=O)(=O)c1ccc2c(c1)C[C@@H]1N(C(=O)c3ccc4c(c3)CC=N4)CC[C@]2(C)C1(C)C. The first-order valence-corrected chi connectivity index (χ1v) is 12.9. The standard InChI is InChI=1S/C26H31N3O3S/c1-25(2)23-16-19-15-20(33(31,32)28(4)5)7-8-21(19)26(25,3)11-13-29(23)24(30)18-6-9-22-17(14-18)10-12-27-22/h6-9,12,14-15,23H,10-11,13,16H2,1-5H3/t23-,26-/m0/s1. The van der Waals surface area contributed by atoms with E-state index in [-0.39, 0.29) is 22.8 Å². The Balaban J connectivity index is 1.55. The molecule has 6 nitrogen and oxygen atoms in total. The van der Waals surface area contributed by atoms with Crippen LogP contribution in [0.25, 0.3) is 0 Å². The van der Waals surface area contributed by atoms with E-state index in [1.54, 1.807) is 20.2 Å². The molecular weight excluding hydrogens is 434 g/mol. The van der Waals surface area contributed by atoms with Crippen LogP contribution in [0.2, 0.25) is 0 Å². The van der Waals surface area contributed by atoms with Gasteiger partial charge in [-0.1, -0.05) is 26.8 Å². The maximum atomic E-state index is 13.7. The van der Waals surface area contributed by atoms with Gasteiger partial charge in [0.25, 0.3) is 5.91 Å². The van der Waals surface area contributed by atoms with Crippen molar-refractivity contribution in [2.24, 2.45) is 10.4 Å². The topological polar surface area (TPSA) is 70.1 Å². The van der Waals surface area contributed by atoms with Gasteiger partial charge in [0.05, 0.1) is 10.6 Å². The minimum absolute atomic E-state index is 0.0157. The van der Waals surface area contributed by atoms with Gasteiger partial charge in [0.1, 0.15) is 0 Å². The zero-order chi connectivity index (χ0) is 23.8. The zero-order valence-corrected chi connectivity index (χ0v) is 20.7. The molecular formula is C26H31N3O3S. The summed E-state index contributed by atoms with van der Waals surface area (Å²) in [6.45, 7) is 7.46. The van der Waals surface area contributed by atoms with Crippen LogP contribution in [0.15, 0.2) is 46.3 Å². The summed E-state index contributed by atoms with van der Waals surface area (Å²) in [5.74, 6) is 0.0466. The monoisotopic (exact) mass is 465 g/mol. The van der Waals surface area contributed by atoms with Gasteiger partial charge in [-0.15, -0.1) is 0 Å². The maximum Gasteiger partial charge on any atom is 0.254 e. The summed E-state index contributed by atoms with van der Waals surface area (Å²) in [7, 11) is -0.417. The van der Waals surface area contributed by atoms with Crippen LogP contribution in [0.5, 0.6) is 0 Å². The largest absolute Gasteiger partial charge is 0.335 e. The van der Waals surface area contributed by atoms with E-state index in [0.29, 0.717) is 23.4 Å². The van der Waals surface area contributed by atoms with Gasteiger partial charge in [-0.05, 0) is 65.3 Å². The number of rotatable bonds is 3. The molecule has 0 unspecified atom stereocenters. The van der Waals surface area contributed by atoms with Crippen LogP contribution in [-0.4, -0.2) is 56.4 Å². The minimum Gasteiger partial charge on any atom is -0.335 e. The third-order valence-electron chi connectivity index (χ3n) is 8.48. The van der Waals surface area contributed by atoms with Crippen molar-refractivity contribution in [2.45, 2.75) is 56.4 Å². The molecule has 0 saturated carbocycles. The molecule has 1 saturated heterocycles. The fraction of sp³-hybridized carbons (Fsp3) is 0.462. The van der Waals surface area contributed by atoms with E-state index in [1.807, 2.05) is 41.4 Å². The fourth-order valence-electron chi connectivity index (χ4n) is 5.94. The van der Waals surface area contributed by atoms with E-state index >= 15 is 0 Å². The van der Waals surface area contributed by atoms with Crippen molar-refractivity contribution in [1.29, 1.82) is 0 Å². The number of nitrogens with zero attached hydrogens (tertiary/aromatic N) is 3. The Hall–Kier alpha value is -2.51. The lowest BCUT2D eigenvalue weighted by Crippen LogP contribution is -2.64. The Labute approximate surface area is 196 Å². The summed E-state index contributed by atoms with van der Waals surface area (Å²) in [6, 6.07) is 11.3. The minimum atomic E-state index is -3.52. The number of amides is 1. The normalized spacial score (nSPS) is 25.2. The molecule has 0 N–H and O–H groups in total. The molecule has 2 bridgehead atoms. The smallest absolute Gasteiger partial charge is 0.254 e. The van der Waals surface area contributed by atoms with Crippen molar-refractivity contribution in [1.82, 2.24) is 9.21 Å². The Kier molecular flexibility index (Phi) is 4.89. The van der Waals surface area contributed by atoms with Crippen LogP contribution >= 0.6 is 0 Å². The molecule has 2 aliphatic heterocycles. The predicted molar refractivity (Wildman–Crippen MR) is 130 cm³/mol. The van der Waals surface area contributed by atoms with E-state index in [2.05, 4.69) is 25.8 Å². The van der Waals surface area contributed by atoms with Gasteiger partial charge in [-0.25, -0.2) is 12.7 Å². The van der Waals surface area contributed by atoms with Crippen molar-refractivity contribution in [3.63, 3.8) is 0 Å².